The minimum Gasteiger partial charge on any atom is -0.345 e. The van der Waals surface area contributed by atoms with Crippen LogP contribution in [0.4, 0.5) is 0 Å². The van der Waals surface area contributed by atoms with Gasteiger partial charge in [-0.2, -0.15) is 0 Å². The number of H-pyrrole nitrogens is 1. The molecule has 0 fully saturated rings. The Labute approximate surface area is 81.8 Å². The van der Waals surface area contributed by atoms with Gasteiger partial charge in [-0.15, -0.1) is 12.4 Å². The van der Waals surface area contributed by atoms with Crippen LogP contribution in [0, 0.1) is 0 Å². The molecular formula is C5H5Br2ClN2. The fraction of sp³-hybridized carbons (Fsp3) is 0. The first-order valence-corrected chi connectivity index (χ1v) is 3.89. The van der Waals surface area contributed by atoms with Crippen LogP contribution in [0.3, 0.4) is 0 Å². The number of hydrogen-bond donors (Lipinski definition) is 1. The lowest BCUT2D eigenvalue weighted by Crippen LogP contribution is -1.65. The number of aromatic nitrogens is 2. The third-order valence-corrected chi connectivity index (χ3v) is 1.24. The number of aromatic amines is 1. The molecule has 0 aromatic carbocycles. The van der Waals surface area contributed by atoms with Crippen molar-refractivity contribution < 1.29 is 0 Å². The minimum atomic E-state index is 0. The van der Waals surface area contributed by atoms with E-state index in [1.165, 1.54) is 0 Å². The molecule has 0 unspecified atom stereocenters. The van der Waals surface area contributed by atoms with E-state index in [1.807, 2.05) is 6.08 Å². The summed E-state index contributed by atoms with van der Waals surface area (Å²) in [4.78, 5) is 6.75. The lowest BCUT2D eigenvalue weighted by atomic mass is 10.5. The van der Waals surface area contributed by atoms with E-state index < -0.39 is 0 Å². The quantitative estimate of drug-likeness (QED) is 0.845. The van der Waals surface area contributed by atoms with Crippen molar-refractivity contribution in [1.29, 1.82) is 0 Å². The second-order valence-corrected chi connectivity index (χ2v) is 4.21. The zero-order chi connectivity index (χ0) is 6.69. The molecule has 0 saturated heterocycles. The summed E-state index contributed by atoms with van der Waals surface area (Å²) in [5, 5.41) is 0. The van der Waals surface area contributed by atoms with Crippen molar-refractivity contribution in [3.8, 4) is 0 Å². The van der Waals surface area contributed by atoms with E-state index in [0.29, 0.717) is 0 Å². The van der Waals surface area contributed by atoms with Gasteiger partial charge < -0.3 is 4.98 Å². The molecule has 0 saturated carbocycles. The summed E-state index contributed by atoms with van der Waals surface area (Å²) in [6.07, 6.45) is 5.25. The number of nitrogens with one attached hydrogen (secondary N) is 1. The van der Waals surface area contributed by atoms with Crippen molar-refractivity contribution in [2.24, 2.45) is 0 Å². The molecule has 0 spiro atoms. The molecule has 0 radical (unpaired) electrons. The molecule has 1 aromatic rings. The van der Waals surface area contributed by atoms with E-state index >= 15 is 0 Å². The number of nitrogens with zero attached hydrogens (tertiary/aromatic N) is 1. The standard InChI is InChI=1S/C5H4Br2N2.ClH/c6-5(7)1-4-2-8-3-9-4;/h1-3H,(H,8,9);1H. The molecule has 0 atom stereocenters. The van der Waals surface area contributed by atoms with E-state index in [1.54, 1.807) is 12.5 Å². The van der Waals surface area contributed by atoms with Crippen LogP contribution in [0.25, 0.3) is 6.08 Å². The van der Waals surface area contributed by atoms with Gasteiger partial charge >= 0.3 is 0 Å². The van der Waals surface area contributed by atoms with Gasteiger partial charge in [0.05, 0.1) is 21.6 Å². The van der Waals surface area contributed by atoms with Gasteiger partial charge in [0.2, 0.25) is 0 Å². The van der Waals surface area contributed by atoms with Crippen molar-refractivity contribution in [1.82, 2.24) is 9.97 Å². The Bertz CT molecular complexity index is 203. The molecule has 0 aliphatic carbocycles. The predicted octanol–water partition coefficient (Wildman–Crippen LogP) is 2.92. The third-order valence-electron chi connectivity index (χ3n) is 0.784. The second kappa shape index (κ2) is 4.93. The van der Waals surface area contributed by atoms with Crippen molar-refractivity contribution in [3.05, 3.63) is 21.6 Å². The maximum absolute atomic E-state index is 3.83. The Balaban J connectivity index is 0.000000810. The summed E-state index contributed by atoms with van der Waals surface area (Å²) in [7, 11) is 0. The highest BCUT2D eigenvalue weighted by Crippen LogP contribution is 2.15. The topological polar surface area (TPSA) is 28.7 Å². The van der Waals surface area contributed by atoms with Crippen molar-refractivity contribution >= 4 is 50.3 Å². The van der Waals surface area contributed by atoms with E-state index in [2.05, 4.69) is 41.8 Å². The predicted molar refractivity (Wildman–Crippen MR) is 51.7 cm³/mol. The minimum absolute atomic E-state index is 0. The molecule has 56 valence electrons. The van der Waals surface area contributed by atoms with Crippen LogP contribution in [-0.4, -0.2) is 9.97 Å². The van der Waals surface area contributed by atoms with Crippen molar-refractivity contribution in [3.63, 3.8) is 0 Å². The molecule has 5 heteroatoms. The van der Waals surface area contributed by atoms with Crippen LogP contribution < -0.4 is 0 Å². The first-order valence-electron chi connectivity index (χ1n) is 2.30. The van der Waals surface area contributed by atoms with Crippen LogP contribution in [0.5, 0.6) is 0 Å². The van der Waals surface area contributed by atoms with E-state index in [-0.39, 0.29) is 12.4 Å². The zero-order valence-corrected chi connectivity index (χ0v) is 8.83. The molecule has 1 rings (SSSR count). The van der Waals surface area contributed by atoms with Gasteiger partial charge in [0.1, 0.15) is 0 Å². The summed E-state index contributed by atoms with van der Waals surface area (Å²) < 4.78 is 0.902. The molecule has 2 nitrogen and oxygen atoms in total. The highest BCUT2D eigenvalue weighted by molar-refractivity contribution is 9.28. The molecule has 1 aromatic heterocycles. The second-order valence-electron chi connectivity index (χ2n) is 1.44. The maximum atomic E-state index is 3.83. The molecule has 1 heterocycles. The fourth-order valence-electron chi connectivity index (χ4n) is 0.463. The van der Waals surface area contributed by atoms with Gasteiger partial charge in [0, 0.05) is 0 Å². The van der Waals surface area contributed by atoms with Gasteiger partial charge in [-0.25, -0.2) is 4.98 Å². The number of rotatable bonds is 1. The van der Waals surface area contributed by atoms with Gasteiger partial charge in [0.15, 0.2) is 0 Å². The summed E-state index contributed by atoms with van der Waals surface area (Å²) in [6, 6.07) is 0. The zero-order valence-electron chi connectivity index (χ0n) is 4.84. The van der Waals surface area contributed by atoms with Gasteiger partial charge in [-0.05, 0) is 37.9 Å². The van der Waals surface area contributed by atoms with Crippen molar-refractivity contribution in [2.45, 2.75) is 0 Å². The Morgan fingerprint density at radius 1 is 1.60 bits per heavy atom. The maximum Gasteiger partial charge on any atom is 0.0924 e. The molecule has 1 N–H and O–H groups in total. The van der Waals surface area contributed by atoms with Crippen LogP contribution >= 0.6 is 44.3 Å². The van der Waals surface area contributed by atoms with E-state index in [9.17, 15) is 0 Å². The van der Waals surface area contributed by atoms with Gasteiger partial charge in [-0.1, -0.05) is 0 Å². The van der Waals surface area contributed by atoms with Gasteiger partial charge in [-0.3, -0.25) is 0 Å². The molecule has 0 aliphatic rings. The molecular weight excluding hydrogens is 283 g/mol. The average molecular weight is 288 g/mol. The lowest BCUT2D eigenvalue weighted by molar-refractivity contribution is 1.31. The monoisotopic (exact) mass is 286 g/mol. The van der Waals surface area contributed by atoms with Crippen molar-refractivity contribution in [2.75, 3.05) is 0 Å². The average Bonchev–Trinajstić information content (AvgIpc) is 2.15. The number of hydrogen-bond acceptors (Lipinski definition) is 1. The highest BCUT2D eigenvalue weighted by Gasteiger charge is 1.86. The lowest BCUT2D eigenvalue weighted by Gasteiger charge is -1.81. The number of halogens is 3. The Kier molecular flexibility index (Phi) is 5.03. The summed E-state index contributed by atoms with van der Waals surface area (Å²) >= 11 is 6.45. The molecule has 10 heavy (non-hydrogen) atoms. The Hall–Kier alpha value is 0.200. The largest absolute Gasteiger partial charge is 0.345 e. The Morgan fingerprint density at radius 3 is 2.70 bits per heavy atom. The summed E-state index contributed by atoms with van der Waals surface area (Å²) in [5.74, 6) is 0. The molecule has 0 bridgehead atoms. The van der Waals surface area contributed by atoms with Crippen LogP contribution in [-0.2, 0) is 0 Å². The number of imidazole rings is 1. The Morgan fingerprint density at radius 2 is 2.30 bits per heavy atom. The summed E-state index contributed by atoms with van der Waals surface area (Å²) in [6.45, 7) is 0. The highest BCUT2D eigenvalue weighted by atomic mass is 79.9. The normalized spacial score (nSPS) is 8.20. The smallest absolute Gasteiger partial charge is 0.0924 e. The molecule has 0 aliphatic heterocycles. The van der Waals surface area contributed by atoms with Crippen LogP contribution in [0.2, 0.25) is 0 Å². The van der Waals surface area contributed by atoms with Gasteiger partial charge in [0.25, 0.3) is 0 Å². The van der Waals surface area contributed by atoms with Crippen LogP contribution in [0.15, 0.2) is 15.9 Å². The SMILES string of the molecule is BrC(Br)=Cc1cnc[nH]1.Cl. The van der Waals surface area contributed by atoms with E-state index in [4.69, 9.17) is 0 Å². The fourth-order valence-corrected chi connectivity index (χ4v) is 0.956. The third kappa shape index (κ3) is 3.39. The first-order chi connectivity index (χ1) is 4.29. The van der Waals surface area contributed by atoms with E-state index in [0.717, 1.165) is 9.09 Å². The molecule has 0 amide bonds. The summed E-state index contributed by atoms with van der Waals surface area (Å²) in [5.41, 5.74) is 0.971. The van der Waals surface area contributed by atoms with Crippen LogP contribution in [0.1, 0.15) is 5.69 Å². The first kappa shape index (κ1) is 10.2.